The van der Waals surface area contributed by atoms with E-state index in [1.54, 1.807) is 41.1 Å². The zero-order valence-corrected chi connectivity index (χ0v) is 10.6. The quantitative estimate of drug-likeness (QED) is 0.925. The summed E-state index contributed by atoms with van der Waals surface area (Å²) < 4.78 is 0. The van der Waals surface area contributed by atoms with Gasteiger partial charge in [-0.3, -0.25) is 9.78 Å². The maximum atomic E-state index is 11.8. The fourth-order valence-electron chi connectivity index (χ4n) is 1.41. The third-order valence-corrected chi connectivity index (χ3v) is 3.43. The molecule has 0 unspecified atom stereocenters. The van der Waals surface area contributed by atoms with Crippen LogP contribution in [-0.4, -0.2) is 17.4 Å². The van der Waals surface area contributed by atoms with E-state index in [2.05, 4.69) is 10.3 Å². The maximum Gasteiger partial charge on any atom is 0.252 e. The molecule has 17 heavy (non-hydrogen) atoms. The molecular formula is C12H11ClN2OS. The minimum atomic E-state index is -0.139. The summed E-state index contributed by atoms with van der Waals surface area (Å²) in [5.41, 5.74) is 2.30. The average molecular weight is 267 g/mol. The zero-order valence-electron chi connectivity index (χ0n) is 9.02. The number of thiazole rings is 1. The van der Waals surface area contributed by atoms with E-state index >= 15 is 0 Å². The molecule has 0 spiro atoms. The first-order chi connectivity index (χ1) is 8.27. The molecule has 5 heteroatoms. The summed E-state index contributed by atoms with van der Waals surface area (Å²) >= 11 is 7.51. The fourth-order valence-corrected chi connectivity index (χ4v) is 2.23. The molecule has 0 saturated carbocycles. The molecule has 0 saturated heterocycles. The lowest BCUT2D eigenvalue weighted by molar-refractivity contribution is 0.0954. The van der Waals surface area contributed by atoms with Crippen LogP contribution in [-0.2, 0) is 6.42 Å². The lowest BCUT2D eigenvalue weighted by Gasteiger charge is -2.05. The van der Waals surface area contributed by atoms with Crippen molar-refractivity contribution < 1.29 is 4.79 Å². The molecule has 1 N–H and O–H groups in total. The number of halogens is 1. The van der Waals surface area contributed by atoms with E-state index in [0.29, 0.717) is 17.1 Å². The highest BCUT2D eigenvalue weighted by molar-refractivity contribution is 7.09. The Morgan fingerprint density at radius 2 is 2.24 bits per heavy atom. The molecule has 1 aromatic heterocycles. The van der Waals surface area contributed by atoms with Crippen LogP contribution in [0.2, 0.25) is 5.02 Å². The van der Waals surface area contributed by atoms with E-state index < -0.39 is 0 Å². The number of rotatable bonds is 4. The number of nitrogens with one attached hydrogen (secondary N) is 1. The lowest BCUT2D eigenvalue weighted by Crippen LogP contribution is -2.25. The highest BCUT2D eigenvalue weighted by Gasteiger charge is 2.08. The minimum Gasteiger partial charge on any atom is -0.352 e. The Kier molecular flexibility index (Phi) is 4.12. The standard InChI is InChI=1S/C12H11ClN2OS/c13-11-4-2-1-3-10(11)12(16)15-6-5-9-7-14-8-17-9/h1-4,7-8H,5-6H2,(H,15,16). The molecule has 2 rings (SSSR count). The van der Waals surface area contributed by atoms with Gasteiger partial charge in [-0.05, 0) is 12.1 Å². The topological polar surface area (TPSA) is 42.0 Å². The molecule has 0 radical (unpaired) electrons. The summed E-state index contributed by atoms with van der Waals surface area (Å²) in [6, 6.07) is 7.02. The van der Waals surface area contributed by atoms with Crippen LogP contribution >= 0.6 is 22.9 Å². The SMILES string of the molecule is O=C(NCCc1cncs1)c1ccccc1Cl. The summed E-state index contributed by atoms with van der Waals surface area (Å²) in [6.07, 6.45) is 2.60. The van der Waals surface area contributed by atoms with Gasteiger partial charge in [0.05, 0.1) is 16.1 Å². The molecule has 88 valence electrons. The van der Waals surface area contributed by atoms with Crippen LogP contribution in [0.1, 0.15) is 15.2 Å². The van der Waals surface area contributed by atoms with Crippen LogP contribution in [0, 0.1) is 0 Å². The molecule has 1 aromatic carbocycles. The number of hydrogen-bond donors (Lipinski definition) is 1. The van der Waals surface area contributed by atoms with Gasteiger partial charge in [0.25, 0.3) is 5.91 Å². The van der Waals surface area contributed by atoms with Crippen LogP contribution < -0.4 is 5.32 Å². The second-order valence-corrected chi connectivity index (χ2v) is 4.83. The summed E-state index contributed by atoms with van der Waals surface area (Å²) in [6.45, 7) is 0.590. The molecule has 0 bridgehead atoms. The first-order valence-corrected chi connectivity index (χ1v) is 6.43. The first kappa shape index (κ1) is 12.1. The summed E-state index contributed by atoms with van der Waals surface area (Å²) in [7, 11) is 0. The molecular weight excluding hydrogens is 256 g/mol. The Hall–Kier alpha value is -1.39. The average Bonchev–Trinajstić information content (AvgIpc) is 2.82. The number of benzene rings is 1. The molecule has 0 aliphatic rings. The van der Waals surface area contributed by atoms with E-state index in [0.717, 1.165) is 11.3 Å². The molecule has 0 fully saturated rings. The van der Waals surface area contributed by atoms with E-state index in [4.69, 9.17) is 11.6 Å². The van der Waals surface area contributed by atoms with Crippen molar-refractivity contribution >= 4 is 28.8 Å². The second kappa shape index (κ2) is 5.80. The van der Waals surface area contributed by atoms with Crippen molar-refractivity contribution in [3.05, 3.63) is 51.4 Å². The van der Waals surface area contributed by atoms with E-state index in [1.165, 1.54) is 0 Å². The molecule has 1 amide bonds. The van der Waals surface area contributed by atoms with Gasteiger partial charge in [-0.2, -0.15) is 0 Å². The monoisotopic (exact) mass is 266 g/mol. The Bertz CT molecular complexity index is 499. The van der Waals surface area contributed by atoms with Crippen molar-refractivity contribution in [2.24, 2.45) is 0 Å². The first-order valence-electron chi connectivity index (χ1n) is 5.17. The number of aromatic nitrogens is 1. The van der Waals surface area contributed by atoms with Crippen molar-refractivity contribution in [1.82, 2.24) is 10.3 Å². The van der Waals surface area contributed by atoms with Gasteiger partial charge in [0.1, 0.15) is 0 Å². The predicted molar refractivity (Wildman–Crippen MR) is 69.6 cm³/mol. The Balaban J connectivity index is 1.88. The highest BCUT2D eigenvalue weighted by atomic mass is 35.5. The third kappa shape index (κ3) is 3.28. The van der Waals surface area contributed by atoms with Crippen molar-refractivity contribution in [3.63, 3.8) is 0 Å². The number of nitrogens with zero attached hydrogens (tertiary/aromatic N) is 1. The van der Waals surface area contributed by atoms with E-state index in [9.17, 15) is 4.79 Å². The van der Waals surface area contributed by atoms with Crippen LogP contribution in [0.5, 0.6) is 0 Å². The van der Waals surface area contributed by atoms with Gasteiger partial charge in [-0.15, -0.1) is 11.3 Å². The van der Waals surface area contributed by atoms with Crippen LogP contribution in [0.3, 0.4) is 0 Å². The van der Waals surface area contributed by atoms with Gasteiger partial charge in [0.2, 0.25) is 0 Å². The van der Waals surface area contributed by atoms with Crippen LogP contribution in [0.4, 0.5) is 0 Å². The normalized spacial score (nSPS) is 10.2. The Morgan fingerprint density at radius 1 is 1.41 bits per heavy atom. The third-order valence-electron chi connectivity index (χ3n) is 2.26. The van der Waals surface area contributed by atoms with Gasteiger partial charge in [-0.25, -0.2) is 0 Å². The number of hydrogen-bond acceptors (Lipinski definition) is 3. The molecule has 0 aliphatic heterocycles. The van der Waals surface area contributed by atoms with E-state index in [1.807, 2.05) is 6.20 Å². The summed E-state index contributed by atoms with van der Waals surface area (Å²) in [5.74, 6) is -0.139. The summed E-state index contributed by atoms with van der Waals surface area (Å²) in [5, 5.41) is 3.31. The predicted octanol–water partition coefficient (Wildman–Crippen LogP) is 2.77. The number of carbonyl (C=O) groups is 1. The second-order valence-electron chi connectivity index (χ2n) is 3.45. The van der Waals surface area contributed by atoms with Gasteiger partial charge < -0.3 is 5.32 Å². The zero-order chi connectivity index (χ0) is 12.1. The molecule has 3 nitrogen and oxygen atoms in total. The van der Waals surface area contributed by atoms with E-state index in [-0.39, 0.29) is 5.91 Å². The van der Waals surface area contributed by atoms with Gasteiger partial charge >= 0.3 is 0 Å². The Morgan fingerprint density at radius 3 is 2.94 bits per heavy atom. The van der Waals surface area contributed by atoms with Crippen molar-refractivity contribution in [2.45, 2.75) is 6.42 Å². The molecule has 2 aromatic rings. The van der Waals surface area contributed by atoms with Gasteiger partial charge in [0, 0.05) is 24.0 Å². The Labute approximate surface area is 108 Å². The van der Waals surface area contributed by atoms with Crippen molar-refractivity contribution in [1.29, 1.82) is 0 Å². The molecule has 1 heterocycles. The molecule has 0 atom stereocenters. The maximum absolute atomic E-state index is 11.8. The smallest absolute Gasteiger partial charge is 0.252 e. The van der Waals surface area contributed by atoms with Crippen LogP contribution in [0.25, 0.3) is 0 Å². The number of amides is 1. The summed E-state index contributed by atoms with van der Waals surface area (Å²) in [4.78, 5) is 16.9. The van der Waals surface area contributed by atoms with Gasteiger partial charge in [0.15, 0.2) is 0 Å². The van der Waals surface area contributed by atoms with Crippen molar-refractivity contribution in [2.75, 3.05) is 6.54 Å². The fraction of sp³-hybridized carbons (Fsp3) is 0.167. The minimum absolute atomic E-state index is 0.139. The van der Waals surface area contributed by atoms with Gasteiger partial charge in [-0.1, -0.05) is 23.7 Å². The van der Waals surface area contributed by atoms with Crippen molar-refractivity contribution in [3.8, 4) is 0 Å². The number of carbonyl (C=O) groups excluding carboxylic acids is 1. The molecule has 0 aliphatic carbocycles. The lowest BCUT2D eigenvalue weighted by atomic mass is 10.2. The highest BCUT2D eigenvalue weighted by Crippen LogP contribution is 2.14. The van der Waals surface area contributed by atoms with Crippen LogP contribution in [0.15, 0.2) is 36.0 Å². The largest absolute Gasteiger partial charge is 0.352 e.